The molecule has 6 heteroatoms. The largest absolute Gasteiger partial charge is 0.508 e. The van der Waals surface area contributed by atoms with Crippen LogP contribution in [0.1, 0.15) is 11.1 Å². The van der Waals surface area contributed by atoms with Crippen molar-refractivity contribution in [3.8, 4) is 45.7 Å². The monoisotopic (exact) mass is 347 g/mol. The number of aromatic hydroxyl groups is 2. The normalized spacial score (nSPS) is 10.3. The van der Waals surface area contributed by atoms with Gasteiger partial charge in [-0.1, -0.05) is 0 Å². The van der Waals surface area contributed by atoms with Crippen LogP contribution in [0.2, 0.25) is 0 Å². The smallest absolute Gasteiger partial charge is 0.142 e. The Balaban J connectivity index is 2.37. The third-order valence-electron chi connectivity index (χ3n) is 4.17. The molecule has 6 nitrogen and oxygen atoms in total. The molecule has 26 heavy (non-hydrogen) atoms. The Kier molecular flexibility index (Phi) is 4.38. The van der Waals surface area contributed by atoms with Crippen molar-refractivity contribution in [3.05, 3.63) is 53.6 Å². The second-order valence-electron chi connectivity index (χ2n) is 5.76. The number of methoxy groups -OCH3 is 1. The number of nitrogens with zero attached hydrogens (tertiary/aromatic N) is 2. The molecule has 0 atom stereocenters. The van der Waals surface area contributed by atoms with Crippen LogP contribution >= 0.6 is 0 Å². The number of nitrogen functional groups attached to an aromatic ring is 1. The number of hydrogen-bond acceptors (Lipinski definition) is 6. The van der Waals surface area contributed by atoms with E-state index in [-0.39, 0.29) is 22.9 Å². The molecular weight excluding hydrogens is 330 g/mol. The first kappa shape index (κ1) is 17.1. The minimum Gasteiger partial charge on any atom is -0.508 e. The summed E-state index contributed by atoms with van der Waals surface area (Å²) in [6.07, 6.45) is 0. The number of pyridine rings is 1. The molecule has 0 amide bonds. The molecule has 0 aliphatic rings. The van der Waals surface area contributed by atoms with Crippen LogP contribution in [0.5, 0.6) is 17.2 Å². The fourth-order valence-electron chi connectivity index (χ4n) is 2.94. The van der Waals surface area contributed by atoms with Gasteiger partial charge < -0.3 is 20.7 Å². The van der Waals surface area contributed by atoms with Gasteiger partial charge in [0.05, 0.1) is 12.8 Å². The van der Waals surface area contributed by atoms with E-state index in [4.69, 9.17) is 10.5 Å². The Morgan fingerprint density at radius 2 is 1.73 bits per heavy atom. The minimum absolute atomic E-state index is 0.0469. The molecule has 2 aromatic carbocycles. The lowest BCUT2D eigenvalue weighted by molar-refractivity contribution is 0.414. The molecule has 1 aromatic heterocycles. The fourth-order valence-corrected chi connectivity index (χ4v) is 2.94. The molecule has 0 unspecified atom stereocenters. The van der Waals surface area contributed by atoms with Crippen LogP contribution < -0.4 is 10.5 Å². The highest BCUT2D eigenvalue weighted by Crippen LogP contribution is 2.41. The van der Waals surface area contributed by atoms with Gasteiger partial charge in [0.15, 0.2) is 0 Å². The summed E-state index contributed by atoms with van der Waals surface area (Å²) in [4.78, 5) is 4.38. The zero-order valence-electron chi connectivity index (χ0n) is 14.3. The fraction of sp³-hybridized carbons (Fsp3) is 0.100. The van der Waals surface area contributed by atoms with Gasteiger partial charge in [0.1, 0.15) is 34.7 Å². The molecule has 0 aliphatic heterocycles. The highest BCUT2D eigenvalue weighted by molar-refractivity contribution is 5.87. The number of aromatic nitrogens is 1. The lowest BCUT2D eigenvalue weighted by Crippen LogP contribution is -2.04. The van der Waals surface area contributed by atoms with Crippen LogP contribution in [-0.4, -0.2) is 22.3 Å². The molecular formula is C20H17N3O3. The number of benzene rings is 2. The third kappa shape index (κ3) is 2.87. The summed E-state index contributed by atoms with van der Waals surface area (Å²) >= 11 is 0. The zero-order valence-corrected chi connectivity index (χ0v) is 14.3. The van der Waals surface area contributed by atoms with Crippen LogP contribution in [-0.2, 0) is 0 Å². The summed E-state index contributed by atoms with van der Waals surface area (Å²) in [6.45, 7) is 1.83. The van der Waals surface area contributed by atoms with Crippen molar-refractivity contribution in [2.75, 3.05) is 12.8 Å². The average molecular weight is 347 g/mol. The van der Waals surface area contributed by atoms with Crippen molar-refractivity contribution in [1.29, 1.82) is 5.26 Å². The van der Waals surface area contributed by atoms with Crippen molar-refractivity contribution in [2.45, 2.75) is 6.92 Å². The number of hydrogen-bond donors (Lipinski definition) is 3. The predicted octanol–water partition coefficient (Wildman–Crippen LogP) is 3.60. The van der Waals surface area contributed by atoms with Gasteiger partial charge in [0.2, 0.25) is 0 Å². The summed E-state index contributed by atoms with van der Waals surface area (Å²) in [5.41, 5.74) is 9.41. The quantitative estimate of drug-likeness (QED) is 0.667. The minimum atomic E-state index is 0.0469. The van der Waals surface area contributed by atoms with Crippen LogP contribution in [0.25, 0.3) is 22.4 Å². The maximum atomic E-state index is 9.92. The maximum Gasteiger partial charge on any atom is 0.142 e. The molecule has 1 heterocycles. The van der Waals surface area contributed by atoms with Crippen molar-refractivity contribution < 1.29 is 14.9 Å². The molecule has 0 fully saturated rings. The zero-order chi connectivity index (χ0) is 18.8. The topological polar surface area (TPSA) is 112 Å². The van der Waals surface area contributed by atoms with Gasteiger partial charge in [-0.25, -0.2) is 4.98 Å². The third-order valence-corrected chi connectivity index (χ3v) is 4.17. The Morgan fingerprint density at radius 1 is 1.08 bits per heavy atom. The molecule has 0 spiro atoms. The van der Waals surface area contributed by atoms with E-state index in [0.717, 1.165) is 5.56 Å². The van der Waals surface area contributed by atoms with Crippen molar-refractivity contribution in [1.82, 2.24) is 4.98 Å². The van der Waals surface area contributed by atoms with Crippen LogP contribution in [0.3, 0.4) is 0 Å². The van der Waals surface area contributed by atoms with Gasteiger partial charge in [-0.05, 0) is 55.0 Å². The van der Waals surface area contributed by atoms with E-state index in [1.165, 1.54) is 19.2 Å². The summed E-state index contributed by atoms with van der Waals surface area (Å²) in [6, 6.07) is 13.3. The predicted molar refractivity (Wildman–Crippen MR) is 98.9 cm³/mol. The van der Waals surface area contributed by atoms with Gasteiger partial charge in [0, 0.05) is 16.7 Å². The van der Waals surface area contributed by atoms with Gasteiger partial charge in [-0.15, -0.1) is 0 Å². The molecule has 130 valence electrons. The second kappa shape index (κ2) is 6.65. The summed E-state index contributed by atoms with van der Waals surface area (Å²) in [7, 11) is 1.52. The number of nitriles is 1. The lowest BCUT2D eigenvalue weighted by atomic mass is 9.92. The molecule has 3 aromatic rings. The van der Waals surface area contributed by atoms with E-state index in [1.807, 2.05) is 6.92 Å². The van der Waals surface area contributed by atoms with E-state index in [1.54, 1.807) is 30.3 Å². The van der Waals surface area contributed by atoms with Crippen LogP contribution in [0.4, 0.5) is 5.82 Å². The summed E-state index contributed by atoms with van der Waals surface area (Å²) in [5, 5.41) is 29.0. The number of ether oxygens (including phenoxy) is 1. The standard InChI is InChI=1S/C20H17N3O3/c1-11-18(15-9-14(25)7-8-17(15)26-2)16(10-21)20(22)23-19(11)12-3-5-13(24)6-4-12/h3-9,24-25H,1-2H3,(H2,22,23). The lowest BCUT2D eigenvalue weighted by Gasteiger charge is -2.17. The number of phenols is 2. The SMILES string of the molecule is COc1ccc(O)cc1-c1c(C)c(-c2ccc(O)cc2)nc(N)c1C#N. The highest BCUT2D eigenvalue weighted by Gasteiger charge is 2.21. The van der Waals surface area contributed by atoms with Crippen LogP contribution in [0.15, 0.2) is 42.5 Å². The molecule has 0 saturated heterocycles. The first-order chi connectivity index (χ1) is 12.5. The van der Waals surface area contributed by atoms with Crippen LogP contribution in [0, 0.1) is 18.3 Å². The number of anilines is 1. The molecule has 3 rings (SSSR count). The van der Waals surface area contributed by atoms with Gasteiger partial charge in [-0.2, -0.15) is 5.26 Å². The number of nitrogens with two attached hydrogens (primary N) is 1. The Labute approximate surface area is 150 Å². The average Bonchev–Trinajstić information content (AvgIpc) is 2.63. The Hall–Kier alpha value is -3.72. The van der Waals surface area contributed by atoms with Crippen molar-refractivity contribution >= 4 is 5.82 Å². The van der Waals surface area contributed by atoms with Gasteiger partial charge in [-0.3, -0.25) is 0 Å². The van der Waals surface area contributed by atoms with E-state index in [2.05, 4.69) is 11.1 Å². The number of rotatable bonds is 3. The molecule has 0 radical (unpaired) electrons. The Bertz CT molecular complexity index is 1020. The van der Waals surface area contributed by atoms with Crippen molar-refractivity contribution in [2.24, 2.45) is 0 Å². The maximum absolute atomic E-state index is 9.92. The van der Waals surface area contributed by atoms with E-state index < -0.39 is 0 Å². The first-order valence-electron chi connectivity index (χ1n) is 7.83. The van der Waals surface area contributed by atoms with Gasteiger partial charge in [0.25, 0.3) is 0 Å². The van der Waals surface area contributed by atoms with E-state index in [9.17, 15) is 15.5 Å². The van der Waals surface area contributed by atoms with Gasteiger partial charge >= 0.3 is 0 Å². The van der Waals surface area contributed by atoms with E-state index >= 15 is 0 Å². The summed E-state index contributed by atoms with van der Waals surface area (Å²) in [5.74, 6) is 0.778. The molecule has 0 aliphatic carbocycles. The number of phenolic OH excluding ortho intramolecular Hbond substituents is 2. The molecule has 0 saturated carbocycles. The Morgan fingerprint density at radius 3 is 2.35 bits per heavy atom. The molecule has 4 N–H and O–H groups in total. The molecule has 0 bridgehead atoms. The van der Waals surface area contributed by atoms with E-state index in [0.29, 0.717) is 28.1 Å². The summed E-state index contributed by atoms with van der Waals surface area (Å²) < 4.78 is 5.40. The first-order valence-corrected chi connectivity index (χ1v) is 7.83. The highest BCUT2D eigenvalue weighted by atomic mass is 16.5. The second-order valence-corrected chi connectivity index (χ2v) is 5.76. The van der Waals surface area contributed by atoms with Crippen molar-refractivity contribution in [3.63, 3.8) is 0 Å².